The van der Waals surface area contributed by atoms with Gasteiger partial charge in [0.05, 0.1) is 0 Å². The fourth-order valence-corrected chi connectivity index (χ4v) is 2.45. The van der Waals surface area contributed by atoms with Crippen molar-refractivity contribution < 1.29 is 8.78 Å². The lowest BCUT2D eigenvalue weighted by Crippen LogP contribution is -1.93. The van der Waals surface area contributed by atoms with E-state index in [1.165, 1.54) is 12.1 Å². The lowest BCUT2D eigenvalue weighted by atomic mass is 9.96. The van der Waals surface area contributed by atoms with Gasteiger partial charge in [0.1, 0.15) is 11.6 Å². The minimum atomic E-state index is -0.366. The van der Waals surface area contributed by atoms with E-state index < -0.39 is 0 Å². The summed E-state index contributed by atoms with van der Waals surface area (Å²) in [5.74, 6) is -0.732. The van der Waals surface area contributed by atoms with Gasteiger partial charge in [0.15, 0.2) is 0 Å². The first-order chi connectivity index (χ1) is 8.66. The molecule has 0 saturated heterocycles. The van der Waals surface area contributed by atoms with E-state index in [9.17, 15) is 8.78 Å². The van der Waals surface area contributed by atoms with Crippen LogP contribution in [0, 0.1) is 18.6 Å². The highest BCUT2D eigenvalue weighted by Gasteiger charge is 2.18. The Kier molecular flexibility index (Phi) is 2.54. The van der Waals surface area contributed by atoms with Crippen LogP contribution in [0.15, 0.2) is 30.3 Å². The molecule has 0 atom stereocenters. The van der Waals surface area contributed by atoms with Crippen LogP contribution < -0.4 is 5.32 Å². The van der Waals surface area contributed by atoms with Gasteiger partial charge >= 0.3 is 0 Å². The Morgan fingerprint density at radius 3 is 2.72 bits per heavy atom. The first kappa shape index (κ1) is 11.2. The van der Waals surface area contributed by atoms with E-state index in [-0.39, 0.29) is 11.6 Å². The van der Waals surface area contributed by atoms with Crippen LogP contribution in [-0.4, -0.2) is 6.54 Å². The molecule has 2 aromatic rings. The molecular formula is C15H13F2N. The zero-order chi connectivity index (χ0) is 12.7. The maximum atomic E-state index is 14.0. The smallest absolute Gasteiger partial charge is 0.131 e. The lowest BCUT2D eigenvalue weighted by Gasteiger charge is -2.10. The molecule has 1 N–H and O–H groups in total. The van der Waals surface area contributed by atoms with Crippen molar-refractivity contribution in [1.82, 2.24) is 0 Å². The van der Waals surface area contributed by atoms with Gasteiger partial charge in [0.25, 0.3) is 0 Å². The van der Waals surface area contributed by atoms with Crippen molar-refractivity contribution in [3.63, 3.8) is 0 Å². The van der Waals surface area contributed by atoms with Gasteiger partial charge in [-0.3, -0.25) is 0 Å². The number of anilines is 1. The van der Waals surface area contributed by atoms with Crippen molar-refractivity contribution in [3.8, 4) is 11.1 Å². The first-order valence-corrected chi connectivity index (χ1v) is 5.98. The average molecular weight is 245 g/mol. The topological polar surface area (TPSA) is 12.0 Å². The van der Waals surface area contributed by atoms with Gasteiger partial charge in [-0.2, -0.15) is 0 Å². The maximum absolute atomic E-state index is 14.0. The summed E-state index contributed by atoms with van der Waals surface area (Å²) < 4.78 is 27.6. The number of hydrogen-bond donors (Lipinski definition) is 1. The Morgan fingerprint density at radius 1 is 1.06 bits per heavy atom. The minimum absolute atomic E-state index is 0.335. The molecule has 92 valence electrons. The summed E-state index contributed by atoms with van der Waals surface area (Å²) in [6, 6.07) is 8.22. The summed E-state index contributed by atoms with van der Waals surface area (Å²) in [4.78, 5) is 0. The summed E-state index contributed by atoms with van der Waals surface area (Å²) in [7, 11) is 0. The third-order valence-electron chi connectivity index (χ3n) is 3.40. The van der Waals surface area contributed by atoms with E-state index in [4.69, 9.17) is 0 Å². The van der Waals surface area contributed by atoms with E-state index >= 15 is 0 Å². The lowest BCUT2D eigenvalue weighted by molar-refractivity contribution is 0.595. The molecule has 0 radical (unpaired) electrons. The summed E-state index contributed by atoms with van der Waals surface area (Å²) in [6.07, 6.45) is 0.848. The highest BCUT2D eigenvalue weighted by molar-refractivity contribution is 5.76. The van der Waals surface area contributed by atoms with Gasteiger partial charge < -0.3 is 5.32 Å². The molecule has 1 nitrogen and oxygen atoms in total. The van der Waals surface area contributed by atoms with Crippen LogP contribution in [0.3, 0.4) is 0 Å². The molecule has 0 aliphatic carbocycles. The summed E-state index contributed by atoms with van der Waals surface area (Å²) >= 11 is 0. The molecular weight excluding hydrogens is 232 g/mol. The highest BCUT2D eigenvalue weighted by Crippen LogP contribution is 2.34. The molecule has 0 fully saturated rings. The van der Waals surface area contributed by atoms with Crippen LogP contribution in [0.1, 0.15) is 11.1 Å². The number of fused-ring (bicyclic) bond motifs is 1. The molecule has 1 heterocycles. The molecule has 1 aliphatic heterocycles. The third-order valence-corrected chi connectivity index (χ3v) is 3.40. The average Bonchev–Trinajstić information content (AvgIpc) is 2.82. The number of hydrogen-bond acceptors (Lipinski definition) is 1. The molecule has 18 heavy (non-hydrogen) atoms. The Morgan fingerprint density at radius 2 is 1.89 bits per heavy atom. The minimum Gasteiger partial charge on any atom is -0.384 e. The number of nitrogens with one attached hydrogen (secondary N) is 1. The Labute approximate surface area is 104 Å². The molecule has 0 aromatic heterocycles. The Balaban J connectivity index is 2.22. The Bertz CT molecular complexity index is 620. The molecule has 3 rings (SSSR count). The van der Waals surface area contributed by atoms with Crippen LogP contribution in [-0.2, 0) is 6.42 Å². The van der Waals surface area contributed by atoms with Crippen molar-refractivity contribution in [1.29, 1.82) is 0 Å². The van der Waals surface area contributed by atoms with E-state index in [0.717, 1.165) is 29.8 Å². The molecule has 1 aliphatic rings. The van der Waals surface area contributed by atoms with E-state index in [1.54, 1.807) is 6.92 Å². The zero-order valence-corrected chi connectivity index (χ0v) is 10.1. The highest BCUT2D eigenvalue weighted by atomic mass is 19.1. The number of benzene rings is 2. The molecule has 0 unspecified atom stereocenters. The normalized spacial score (nSPS) is 13.3. The van der Waals surface area contributed by atoms with Gasteiger partial charge in [-0.05, 0) is 48.2 Å². The number of aryl methyl sites for hydroxylation is 1. The molecule has 0 bridgehead atoms. The second-order valence-electron chi connectivity index (χ2n) is 4.59. The molecule has 2 aromatic carbocycles. The van der Waals surface area contributed by atoms with Crippen LogP contribution in [0.2, 0.25) is 0 Å². The summed E-state index contributed by atoms with van der Waals surface area (Å²) in [5, 5.41) is 3.24. The standard InChI is InChI=1S/C15H13F2N/c1-9-7-14(17)12(8-13(9)16)10-3-2-4-15-11(10)5-6-18-15/h2-4,7-8,18H,5-6H2,1H3. The maximum Gasteiger partial charge on any atom is 0.131 e. The summed E-state index contributed by atoms with van der Waals surface area (Å²) in [6.45, 7) is 2.42. The fourth-order valence-electron chi connectivity index (χ4n) is 2.45. The fraction of sp³-hybridized carbons (Fsp3) is 0.200. The van der Waals surface area contributed by atoms with E-state index in [2.05, 4.69) is 5.32 Å². The second kappa shape index (κ2) is 4.09. The SMILES string of the molecule is Cc1cc(F)c(-c2cccc3c2CCN3)cc1F. The Hall–Kier alpha value is -1.90. The predicted octanol–water partition coefficient (Wildman–Crippen LogP) is 3.91. The van der Waals surface area contributed by atoms with Crippen molar-refractivity contribution in [2.45, 2.75) is 13.3 Å². The first-order valence-electron chi connectivity index (χ1n) is 5.98. The van der Waals surface area contributed by atoms with Crippen molar-refractivity contribution in [2.75, 3.05) is 11.9 Å². The van der Waals surface area contributed by atoms with Crippen LogP contribution in [0.5, 0.6) is 0 Å². The number of rotatable bonds is 1. The van der Waals surface area contributed by atoms with Crippen molar-refractivity contribution in [2.24, 2.45) is 0 Å². The number of halogens is 2. The second-order valence-corrected chi connectivity index (χ2v) is 4.59. The molecule has 0 spiro atoms. The third kappa shape index (κ3) is 1.67. The van der Waals surface area contributed by atoms with Gasteiger partial charge in [0, 0.05) is 17.8 Å². The quantitative estimate of drug-likeness (QED) is 0.803. The largest absolute Gasteiger partial charge is 0.384 e. The summed E-state index contributed by atoms with van der Waals surface area (Å²) in [5.41, 5.74) is 3.56. The van der Waals surface area contributed by atoms with Crippen molar-refractivity contribution in [3.05, 3.63) is 53.1 Å². The van der Waals surface area contributed by atoms with Crippen LogP contribution in [0.4, 0.5) is 14.5 Å². The van der Waals surface area contributed by atoms with Gasteiger partial charge in [-0.1, -0.05) is 12.1 Å². The van der Waals surface area contributed by atoms with E-state index in [1.807, 2.05) is 18.2 Å². The van der Waals surface area contributed by atoms with Crippen molar-refractivity contribution >= 4 is 5.69 Å². The molecule has 3 heteroatoms. The van der Waals surface area contributed by atoms with Gasteiger partial charge in [0.2, 0.25) is 0 Å². The van der Waals surface area contributed by atoms with Gasteiger partial charge in [-0.25, -0.2) is 8.78 Å². The monoisotopic (exact) mass is 245 g/mol. The molecule has 0 saturated carbocycles. The van der Waals surface area contributed by atoms with Crippen LogP contribution >= 0.6 is 0 Å². The van der Waals surface area contributed by atoms with Crippen LogP contribution in [0.25, 0.3) is 11.1 Å². The molecule has 0 amide bonds. The van der Waals surface area contributed by atoms with E-state index in [0.29, 0.717) is 11.1 Å². The predicted molar refractivity (Wildman–Crippen MR) is 68.7 cm³/mol. The zero-order valence-electron chi connectivity index (χ0n) is 10.1. The van der Waals surface area contributed by atoms with Gasteiger partial charge in [-0.15, -0.1) is 0 Å².